The first-order chi connectivity index (χ1) is 34.2. The summed E-state index contributed by atoms with van der Waals surface area (Å²) in [5.41, 5.74) is 20.7. The molecule has 0 aliphatic heterocycles. The Labute approximate surface area is 396 Å². The summed E-state index contributed by atoms with van der Waals surface area (Å²) in [6, 6.07) is 79.9. The lowest BCUT2D eigenvalue weighted by Crippen LogP contribution is -2.25. The Morgan fingerprint density at radius 3 is 1.55 bits per heavy atom. The summed E-state index contributed by atoms with van der Waals surface area (Å²) < 4.78 is 12.7. The quantitative estimate of drug-likeness (QED) is 0.172. The molecule has 3 aromatic heterocycles. The molecule has 2 aliphatic carbocycles. The van der Waals surface area contributed by atoms with Crippen molar-refractivity contribution in [2.45, 2.75) is 5.41 Å². The van der Waals surface area contributed by atoms with Gasteiger partial charge >= 0.3 is 0 Å². The van der Waals surface area contributed by atoms with Crippen molar-refractivity contribution < 1.29 is 8.83 Å². The second-order valence-corrected chi connectivity index (χ2v) is 18.2. The molecule has 1 spiro atoms. The molecule has 2 aliphatic rings. The Hall–Kier alpha value is -9.19. The number of hydrogen-bond acceptors (Lipinski definition) is 5. The van der Waals surface area contributed by atoms with Crippen molar-refractivity contribution in [3.63, 3.8) is 0 Å². The molecule has 3 heterocycles. The first kappa shape index (κ1) is 38.0. The molecule has 69 heavy (non-hydrogen) atoms. The minimum atomic E-state index is -0.382. The molecule has 10 aromatic carbocycles. The molecule has 0 saturated heterocycles. The maximum absolute atomic E-state index is 6.57. The minimum Gasteiger partial charge on any atom is -0.456 e. The Balaban J connectivity index is 0.848. The fraction of sp³-hybridized carbons (Fsp3) is 0.0156. The summed E-state index contributed by atoms with van der Waals surface area (Å²) >= 11 is 0. The van der Waals surface area contributed by atoms with E-state index in [1.54, 1.807) is 0 Å². The van der Waals surface area contributed by atoms with Crippen molar-refractivity contribution >= 4 is 43.9 Å². The van der Waals surface area contributed by atoms with E-state index in [2.05, 4.69) is 152 Å². The van der Waals surface area contributed by atoms with E-state index >= 15 is 0 Å². The van der Waals surface area contributed by atoms with Crippen LogP contribution in [0.1, 0.15) is 22.3 Å². The predicted octanol–water partition coefficient (Wildman–Crippen LogP) is 16.3. The topological polar surface area (TPSA) is 65.0 Å². The lowest BCUT2D eigenvalue weighted by molar-refractivity contribution is 0.668. The molecule has 0 saturated carbocycles. The third-order valence-corrected chi connectivity index (χ3v) is 14.6. The van der Waals surface area contributed by atoms with Gasteiger partial charge in [0.25, 0.3) is 0 Å². The summed E-state index contributed by atoms with van der Waals surface area (Å²) in [6.45, 7) is 0. The maximum atomic E-state index is 6.57. The van der Waals surface area contributed by atoms with E-state index in [1.807, 2.05) is 72.8 Å². The molecule has 0 radical (unpaired) electrons. The summed E-state index contributed by atoms with van der Waals surface area (Å²) in [7, 11) is 0. The number of aromatic nitrogens is 3. The highest BCUT2D eigenvalue weighted by molar-refractivity contribution is 6.13. The van der Waals surface area contributed by atoms with Crippen molar-refractivity contribution in [1.29, 1.82) is 0 Å². The van der Waals surface area contributed by atoms with Gasteiger partial charge in [-0.2, -0.15) is 0 Å². The maximum Gasteiger partial charge on any atom is 0.164 e. The van der Waals surface area contributed by atoms with Gasteiger partial charge in [-0.05, 0) is 109 Å². The first-order valence-electron chi connectivity index (χ1n) is 23.4. The van der Waals surface area contributed by atoms with E-state index in [9.17, 15) is 0 Å². The van der Waals surface area contributed by atoms with Gasteiger partial charge in [-0.1, -0.05) is 182 Å². The van der Waals surface area contributed by atoms with E-state index in [4.69, 9.17) is 23.8 Å². The van der Waals surface area contributed by atoms with Crippen LogP contribution >= 0.6 is 0 Å². The van der Waals surface area contributed by atoms with Gasteiger partial charge < -0.3 is 8.83 Å². The third kappa shape index (κ3) is 5.44. The standard InChI is InChI=1S/C64H37N3O2/c1-2-14-40(15-3-1)61-65-62(42-33-35-56-49(37-42)46-18-7-11-26-55(46)68-56)67-63(66-61)48-21-13-27-58-60(48)50-36-41(32-34-57(50)69-58)38-28-30-39(31-29-38)43-20-12-25-54-59(43)47-19-6-10-24-53(47)64(54)51-22-8-4-16-44(51)45-17-5-9-23-52(45)64/h1-37H. The zero-order valence-electron chi connectivity index (χ0n) is 37.0. The number of benzene rings is 10. The molecular formula is C64H37N3O2. The largest absolute Gasteiger partial charge is 0.456 e. The molecule has 5 heteroatoms. The number of para-hydroxylation sites is 1. The average Bonchev–Trinajstić information content (AvgIpc) is 4.16. The van der Waals surface area contributed by atoms with Crippen molar-refractivity contribution in [2.75, 3.05) is 0 Å². The lowest BCUT2D eigenvalue weighted by atomic mass is 9.70. The molecule has 0 atom stereocenters. The Morgan fingerprint density at radius 2 is 0.768 bits per heavy atom. The molecular weight excluding hydrogens is 843 g/mol. The molecule has 13 aromatic rings. The fourth-order valence-electron chi connectivity index (χ4n) is 11.6. The molecule has 0 bridgehead atoms. The van der Waals surface area contributed by atoms with Crippen molar-refractivity contribution in [3.05, 3.63) is 247 Å². The highest BCUT2D eigenvalue weighted by Crippen LogP contribution is 2.64. The number of fused-ring (bicyclic) bond motifs is 16. The van der Waals surface area contributed by atoms with Crippen LogP contribution in [0.3, 0.4) is 0 Å². The molecule has 0 amide bonds. The van der Waals surface area contributed by atoms with Crippen molar-refractivity contribution in [2.24, 2.45) is 0 Å². The van der Waals surface area contributed by atoms with Crippen LogP contribution in [0.5, 0.6) is 0 Å². The van der Waals surface area contributed by atoms with Crippen molar-refractivity contribution in [3.8, 4) is 78.7 Å². The van der Waals surface area contributed by atoms with Crippen LogP contribution < -0.4 is 0 Å². The molecule has 0 fully saturated rings. The Morgan fingerprint density at radius 1 is 0.275 bits per heavy atom. The van der Waals surface area contributed by atoms with Gasteiger partial charge in [0, 0.05) is 38.2 Å². The van der Waals surface area contributed by atoms with Crippen LogP contribution in [0.15, 0.2) is 233 Å². The van der Waals surface area contributed by atoms with E-state index in [0.717, 1.165) is 71.7 Å². The van der Waals surface area contributed by atoms with Crippen LogP contribution in [-0.4, -0.2) is 15.0 Å². The predicted molar refractivity (Wildman–Crippen MR) is 278 cm³/mol. The SMILES string of the molecule is c1ccc(-c2nc(-c3ccc4oc5ccccc5c4c3)nc(-c3cccc4oc5ccc(-c6ccc(-c7cccc8c7-c7ccccc7C87c8ccccc8-c8ccccc87)cc6)cc5c34)n2)cc1. The van der Waals surface area contributed by atoms with Gasteiger partial charge in [0.05, 0.1) is 5.41 Å². The zero-order valence-corrected chi connectivity index (χ0v) is 37.0. The first-order valence-corrected chi connectivity index (χ1v) is 23.4. The molecule has 320 valence electrons. The summed E-state index contributed by atoms with van der Waals surface area (Å²) in [5.74, 6) is 1.75. The van der Waals surface area contributed by atoms with Crippen molar-refractivity contribution in [1.82, 2.24) is 15.0 Å². The number of rotatable bonds is 5. The molecule has 15 rings (SSSR count). The second kappa shape index (κ2) is 14.4. The van der Waals surface area contributed by atoms with Gasteiger partial charge in [0.1, 0.15) is 22.3 Å². The van der Waals surface area contributed by atoms with Gasteiger partial charge in [-0.25, -0.2) is 15.0 Å². The van der Waals surface area contributed by atoms with E-state index in [-0.39, 0.29) is 5.41 Å². The van der Waals surface area contributed by atoms with Gasteiger partial charge in [0.15, 0.2) is 17.5 Å². The van der Waals surface area contributed by atoms with Gasteiger partial charge in [-0.3, -0.25) is 0 Å². The van der Waals surface area contributed by atoms with E-state index in [1.165, 1.54) is 55.6 Å². The average molecular weight is 880 g/mol. The fourth-order valence-corrected chi connectivity index (χ4v) is 11.6. The molecule has 0 N–H and O–H groups in total. The number of furan rings is 2. The normalized spacial score (nSPS) is 13.0. The van der Waals surface area contributed by atoms with Crippen LogP contribution in [0, 0.1) is 0 Å². The Bertz CT molecular complexity index is 4210. The summed E-state index contributed by atoms with van der Waals surface area (Å²) in [6.07, 6.45) is 0. The smallest absolute Gasteiger partial charge is 0.164 e. The van der Waals surface area contributed by atoms with Gasteiger partial charge in [0.2, 0.25) is 0 Å². The second-order valence-electron chi connectivity index (χ2n) is 18.2. The lowest BCUT2D eigenvalue weighted by Gasteiger charge is -2.30. The number of nitrogens with zero attached hydrogens (tertiary/aromatic N) is 3. The summed E-state index contributed by atoms with van der Waals surface area (Å²) in [4.78, 5) is 15.4. The third-order valence-electron chi connectivity index (χ3n) is 14.6. The Kier molecular flexibility index (Phi) is 7.93. The minimum absolute atomic E-state index is 0.382. The highest BCUT2D eigenvalue weighted by Gasteiger charge is 2.52. The van der Waals surface area contributed by atoms with E-state index < -0.39 is 0 Å². The van der Waals surface area contributed by atoms with Crippen LogP contribution in [-0.2, 0) is 5.41 Å². The summed E-state index contributed by atoms with van der Waals surface area (Å²) in [5, 5.41) is 4.02. The monoisotopic (exact) mass is 879 g/mol. The molecule has 5 nitrogen and oxygen atoms in total. The van der Waals surface area contributed by atoms with Crippen LogP contribution in [0.25, 0.3) is 123 Å². The van der Waals surface area contributed by atoms with E-state index in [0.29, 0.717) is 17.5 Å². The highest BCUT2D eigenvalue weighted by atomic mass is 16.3. The van der Waals surface area contributed by atoms with Crippen LogP contribution in [0.4, 0.5) is 0 Å². The molecule has 0 unspecified atom stereocenters. The van der Waals surface area contributed by atoms with Gasteiger partial charge in [-0.15, -0.1) is 0 Å². The number of hydrogen-bond donors (Lipinski definition) is 0. The van der Waals surface area contributed by atoms with Crippen LogP contribution in [0.2, 0.25) is 0 Å². The zero-order chi connectivity index (χ0) is 45.2.